The minimum absolute atomic E-state index is 0.278. The van der Waals surface area contributed by atoms with Gasteiger partial charge in [0.05, 0.1) is 28.3 Å². The van der Waals surface area contributed by atoms with E-state index >= 15 is 0 Å². The molecular weight excluding hydrogens is 456 g/mol. The van der Waals surface area contributed by atoms with Crippen molar-refractivity contribution in [2.45, 2.75) is 24.8 Å². The summed E-state index contributed by atoms with van der Waals surface area (Å²) in [5.41, 5.74) is 1.27. The summed E-state index contributed by atoms with van der Waals surface area (Å²) < 4.78 is 11.3. The van der Waals surface area contributed by atoms with Crippen LogP contribution in [0.1, 0.15) is 34.3 Å². The molecule has 0 saturated heterocycles. The molecule has 2 bridgehead atoms. The molecule has 9 heteroatoms. The lowest BCUT2D eigenvalue weighted by Crippen LogP contribution is -2.27. The summed E-state index contributed by atoms with van der Waals surface area (Å²) in [6.07, 6.45) is 6.44. The van der Waals surface area contributed by atoms with Crippen molar-refractivity contribution in [2.75, 3.05) is 19.8 Å². The van der Waals surface area contributed by atoms with E-state index < -0.39 is 5.54 Å². The van der Waals surface area contributed by atoms with Gasteiger partial charge < -0.3 is 20.1 Å². The van der Waals surface area contributed by atoms with Crippen molar-refractivity contribution in [3.8, 4) is 23.6 Å². The van der Waals surface area contributed by atoms with Crippen LogP contribution in [0, 0.1) is 22.7 Å². The number of halogens is 1. The first-order valence-corrected chi connectivity index (χ1v) is 11.0. The highest BCUT2D eigenvalue weighted by molar-refractivity contribution is 6.32. The number of nitriles is 2. The van der Waals surface area contributed by atoms with Gasteiger partial charge in [-0.25, -0.2) is 0 Å². The lowest BCUT2D eigenvalue weighted by Gasteiger charge is -2.12. The zero-order valence-electron chi connectivity index (χ0n) is 18.3. The average molecular weight is 479 g/mol. The molecule has 1 aliphatic carbocycles. The number of amides is 2. The van der Waals surface area contributed by atoms with Crippen LogP contribution >= 0.6 is 11.6 Å². The van der Waals surface area contributed by atoms with Crippen LogP contribution < -0.4 is 20.1 Å². The lowest BCUT2D eigenvalue weighted by atomic mass is 10.1. The highest BCUT2D eigenvalue weighted by Crippen LogP contribution is 2.33. The van der Waals surface area contributed by atoms with Crippen LogP contribution in [0.3, 0.4) is 0 Å². The molecule has 2 aliphatic heterocycles. The molecule has 1 fully saturated rings. The van der Waals surface area contributed by atoms with Gasteiger partial charge in [-0.2, -0.15) is 10.5 Å². The molecule has 34 heavy (non-hydrogen) atoms. The molecule has 0 spiro atoms. The number of hydrogen-bond acceptors (Lipinski definition) is 6. The summed E-state index contributed by atoms with van der Waals surface area (Å²) in [5, 5.41) is 23.2. The van der Waals surface area contributed by atoms with Gasteiger partial charge in [0, 0.05) is 6.54 Å². The summed E-state index contributed by atoms with van der Waals surface area (Å²) in [4.78, 5) is 22.3. The fourth-order valence-corrected chi connectivity index (χ4v) is 3.33. The van der Waals surface area contributed by atoms with Crippen LogP contribution in [0.15, 0.2) is 48.6 Å². The fraction of sp³-hybridized carbons (Fsp3) is 0.280. The summed E-state index contributed by atoms with van der Waals surface area (Å²) in [7, 11) is 0. The molecule has 2 aromatic carbocycles. The van der Waals surface area contributed by atoms with Gasteiger partial charge in [-0.05, 0) is 67.3 Å². The minimum atomic E-state index is -0.470. The number of nitrogens with zero attached hydrogens (tertiary/aromatic N) is 2. The first-order valence-electron chi connectivity index (χ1n) is 10.6. The van der Waals surface area contributed by atoms with Crippen LogP contribution in [0.2, 0.25) is 5.02 Å². The van der Waals surface area contributed by atoms with E-state index in [9.17, 15) is 9.59 Å². The van der Waals surface area contributed by atoms with E-state index in [2.05, 4.69) is 10.6 Å². The number of fused-ring (bicyclic) bond motifs is 9. The predicted molar refractivity (Wildman–Crippen MR) is 126 cm³/mol. The van der Waals surface area contributed by atoms with Gasteiger partial charge in [-0.1, -0.05) is 17.7 Å². The molecule has 174 valence electrons. The van der Waals surface area contributed by atoms with E-state index in [0.29, 0.717) is 53.6 Å². The van der Waals surface area contributed by atoms with Gasteiger partial charge in [-0.15, -0.1) is 0 Å². The Kier molecular flexibility index (Phi) is 8.50. The Morgan fingerprint density at radius 2 is 1.76 bits per heavy atom. The van der Waals surface area contributed by atoms with Crippen molar-refractivity contribution < 1.29 is 19.1 Å². The van der Waals surface area contributed by atoms with Crippen molar-refractivity contribution in [2.24, 2.45) is 0 Å². The average Bonchev–Trinajstić information content (AvgIpc) is 3.62. The molecule has 2 heterocycles. The number of hydrogen-bond donors (Lipinski definition) is 2. The Labute approximate surface area is 202 Å². The Bertz CT molecular complexity index is 1160. The summed E-state index contributed by atoms with van der Waals surface area (Å²) in [6, 6.07) is 14.4. The third-order valence-electron chi connectivity index (χ3n) is 5.18. The minimum Gasteiger partial charge on any atom is -0.489 e. The van der Waals surface area contributed by atoms with E-state index in [1.54, 1.807) is 18.2 Å². The molecule has 2 amide bonds. The van der Waals surface area contributed by atoms with Crippen LogP contribution in [-0.4, -0.2) is 37.6 Å². The quantitative estimate of drug-likeness (QED) is 0.504. The van der Waals surface area contributed by atoms with Gasteiger partial charge in [0.2, 0.25) is 6.41 Å². The third-order valence-corrected chi connectivity index (χ3v) is 5.48. The highest BCUT2D eigenvalue weighted by Gasteiger charge is 2.42. The molecule has 1 saturated carbocycles. The molecule has 0 radical (unpaired) electrons. The van der Waals surface area contributed by atoms with Crippen LogP contribution in [0.4, 0.5) is 0 Å². The smallest absolute Gasteiger partial charge is 0.255 e. The van der Waals surface area contributed by atoms with E-state index in [1.807, 2.05) is 36.4 Å². The maximum Gasteiger partial charge on any atom is 0.255 e. The third kappa shape index (κ3) is 6.74. The topological polar surface area (TPSA) is 124 Å². The second-order valence-electron chi connectivity index (χ2n) is 7.64. The molecule has 5 rings (SSSR count). The number of rotatable bonds is 2. The van der Waals surface area contributed by atoms with Crippen molar-refractivity contribution in [3.05, 3.63) is 70.3 Å². The standard InChI is InChI=1S/C20H17ClN2O3.C5H6N2O/c21-17-12-14-3-6-19(17)26-10-2-1-9-25-18-5-4-15(13-22)11-16(18)20(24)23-8-7-14;6-3-5(1-2-5)7-4-8/h1-6,11-12H,7-10H2,(H,23,24);4H,1-2H2,(H,7,8)/b2-1+;. The van der Waals surface area contributed by atoms with Gasteiger partial charge >= 0.3 is 0 Å². The van der Waals surface area contributed by atoms with Crippen molar-refractivity contribution >= 4 is 23.9 Å². The number of carbonyl (C=O) groups excluding carboxylic acids is 2. The van der Waals surface area contributed by atoms with Crippen LogP contribution in [0.25, 0.3) is 0 Å². The molecular formula is C25H23ClN4O4. The number of carbonyl (C=O) groups is 2. The van der Waals surface area contributed by atoms with Crippen LogP contribution in [0.5, 0.6) is 11.5 Å². The van der Waals surface area contributed by atoms with Gasteiger partial charge in [0.25, 0.3) is 5.91 Å². The van der Waals surface area contributed by atoms with Gasteiger partial charge in [-0.3, -0.25) is 9.59 Å². The Morgan fingerprint density at radius 1 is 1.06 bits per heavy atom. The second kappa shape index (κ2) is 11.7. The second-order valence-corrected chi connectivity index (χ2v) is 8.05. The Hall–Kier alpha value is -4.01. The maximum absolute atomic E-state index is 12.5. The van der Waals surface area contributed by atoms with Gasteiger partial charge in [0.1, 0.15) is 30.3 Å². The molecule has 8 nitrogen and oxygen atoms in total. The highest BCUT2D eigenvalue weighted by atomic mass is 35.5. The number of benzene rings is 2. The van der Waals surface area contributed by atoms with E-state index in [-0.39, 0.29) is 12.5 Å². The zero-order chi connectivity index (χ0) is 24.4. The summed E-state index contributed by atoms with van der Waals surface area (Å²) in [6.45, 7) is 1.08. The van der Waals surface area contributed by atoms with E-state index in [1.165, 1.54) is 6.07 Å². The number of ether oxygens (including phenoxy) is 2. The maximum atomic E-state index is 12.5. The molecule has 2 aromatic rings. The fourth-order valence-electron chi connectivity index (χ4n) is 3.07. The van der Waals surface area contributed by atoms with E-state index in [4.69, 9.17) is 31.6 Å². The van der Waals surface area contributed by atoms with Crippen LogP contribution in [-0.2, 0) is 11.2 Å². The van der Waals surface area contributed by atoms with Crippen molar-refractivity contribution in [3.63, 3.8) is 0 Å². The number of nitrogens with one attached hydrogen (secondary N) is 2. The molecule has 0 atom stereocenters. The van der Waals surface area contributed by atoms with E-state index in [0.717, 1.165) is 18.4 Å². The zero-order valence-corrected chi connectivity index (χ0v) is 19.1. The largest absolute Gasteiger partial charge is 0.489 e. The monoisotopic (exact) mass is 478 g/mol. The normalized spacial score (nSPS) is 17.0. The SMILES string of the molecule is N#CC1(NC=O)CC1.N#Cc1ccc2c(c1)C(=O)NCCc1ccc(c(Cl)c1)OC/C=C/CO2. The lowest BCUT2D eigenvalue weighted by molar-refractivity contribution is -0.110. The first-order chi connectivity index (χ1) is 16.5. The predicted octanol–water partition coefficient (Wildman–Crippen LogP) is 3.30. The summed E-state index contributed by atoms with van der Waals surface area (Å²) in [5.74, 6) is 0.774. The molecule has 0 aromatic heterocycles. The van der Waals surface area contributed by atoms with Gasteiger partial charge in [0.15, 0.2) is 0 Å². The van der Waals surface area contributed by atoms with Crippen molar-refractivity contribution in [1.29, 1.82) is 10.5 Å². The molecule has 3 aliphatic rings. The summed E-state index contributed by atoms with van der Waals surface area (Å²) >= 11 is 6.23. The van der Waals surface area contributed by atoms with Crippen molar-refractivity contribution in [1.82, 2.24) is 10.6 Å². The molecule has 2 N–H and O–H groups in total. The molecule has 0 unspecified atom stereocenters. The Morgan fingerprint density at radius 3 is 2.35 bits per heavy atom. The first kappa shape index (κ1) is 24.6. The Balaban J connectivity index is 0.000000343.